The molecule has 0 spiro atoms. The van der Waals surface area contributed by atoms with Crippen molar-refractivity contribution in [3.05, 3.63) is 139 Å². The van der Waals surface area contributed by atoms with Gasteiger partial charge in [-0.05, 0) is 89.9 Å². The molecular weight excluding hydrogens is 552 g/mol. The van der Waals surface area contributed by atoms with E-state index in [1.54, 1.807) is 12.4 Å². The second-order valence-electron chi connectivity index (χ2n) is 11.6. The molecule has 5 heteroatoms. The fraction of sp³-hybridized carbons (Fsp3) is 0.0250. The van der Waals surface area contributed by atoms with E-state index in [0.29, 0.717) is 0 Å². The summed E-state index contributed by atoms with van der Waals surface area (Å²) in [5.41, 5.74) is 18.8. The Bertz CT molecular complexity index is 2680. The van der Waals surface area contributed by atoms with Crippen LogP contribution >= 0.6 is 0 Å². The third-order valence-corrected chi connectivity index (χ3v) is 8.99. The van der Waals surface area contributed by atoms with Crippen molar-refractivity contribution in [2.24, 2.45) is 5.73 Å². The summed E-state index contributed by atoms with van der Waals surface area (Å²) in [6.07, 6.45) is 5.66. The number of fused-ring (bicyclic) bond motifs is 9. The predicted molar refractivity (Wildman–Crippen MR) is 188 cm³/mol. The Balaban J connectivity index is 1.20. The molecule has 0 saturated carbocycles. The van der Waals surface area contributed by atoms with Crippen LogP contribution in [0.3, 0.4) is 0 Å². The summed E-state index contributed by atoms with van der Waals surface area (Å²) < 4.78 is 8.29. The van der Waals surface area contributed by atoms with Gasteiger partial charge in [0.2, 0.25) is 0 Å². The van der Waals surface area contributed by atoms with E-state index in [-0.39, 0.29) is 0 Å². The number of allylic oxidation sites excluding steroid dienone is 3. The van der Waals surface area contributed by atoms with Crippen molar-refractivity contribution in [1.82, 2.24) is 14.5 Å². The molecule has 214 valence electrons. The first-order valence-corrected chi connectivity index (χ1v) is 15.1. The Morgan fingerprint density at radius 2 is 1.47 bits per heavy atom. The number of nitrogens with one attached hydrogen (secondary N) is 1. The molecule has 0 fully saturated rings. The van der Waals surface area contributed by atoms with Crippen LogP contribution in [0.5, 0.6) is 0 Å². The zero-order valence-corrected chi connectivity index (χ0v) is 24.6. The van der Waals surface area contributed by atoms with E-state index in [1.165, 1.54) is 27.1 Å². The van der Waals surface area contributed by atoms with E-state index < -0.39 is 0 Å². The molecule has 0 bridgehead atoms. The minimum absolute atomic E-state index is 0.791. The van der Waals surface area contributed by atoms with Gasteiger partial charge >= 0.3 is 0 Å². The van der Waals surface area contributed by atoms with Gasteiger partial charge in [0.1, 0.15) is 11.1 Å². The average Bonchev–Trinajstić information content (AvgIpc) is 3.75. The number of benzene rings is 5. The molecule has 9 rings (SSSR count). The van der Waals surface area contributed by atoms with Crippen molar-refractivity contribution in [1.29, 1.82) is 0 Å². The molecule has 4 aromatic heterocycles. The molecule has 0 unspecified atom stereocenters. The lowest BCUT2D eigenvalue weighted by molar-refractivity contribution is 0.668. The Morgan fingerprint density at radius 1 is 0.689 bits per heavy atom. The van der Waals surface area contributed by atoms with Crippen LogP contribution < -0.4 is 5.73 Å². The van der Waals surface area contributed by atoms with Crippen LogP contribution in [-0.2, 0) is 0 Å². The lowest BCUT2D eigenvalue weighted by Gasteiger charge is -2.12. The summed E-state index contributed by atoms with van der Waals surface area (Å²) in [5, 5.41) is 5.83. The number of nitrogens with zero attached hydrogens (tertiary/aromatic N) is 2. The summed E-state index contributed by atoms with van der Waals surface area (Å²) in [6, 6.07) is 40.5. The van der Waals surface area contributed by atoms with Crippen LogP contribution in [0.4, 0.5) is 0 Å². The molecule has 0 radical (unpaired) electrons. The molecule has 0 aliphatic heterocycles. The number of furan rings is 1. The van der Waals surface area contributed by atoms with Gasteiger partial charge in [-0.1, -0.05) is 60.7 Å². The molecule has 5 nitrogen and oxygen atoms in total. The second kappa shape index (κ2) is 9.73. The molecule has 0 aliphatic carbocycles. The minimum atomic E-state index is 0.791. The Kier molecular flexibility index (Phi) is 5.50. The lowest BCUT2D eigenvalue weighted by Crippen LogP contribution is -1.99. The van der Waals surface area contributed by atoms with Crippen molar-refractivity contribution in [3.63, 3.8) is 0 Å². The van der Waals surface area contributed by atoms with E-state index in [4.69, 9.17) is 10.2 Å². The van der Waals surface area contributed by atoms with Crippen LogP contribution in [0.2, 0.25) is 0 Å². The third-order valence-electron chi connectivity index (χ3n) is 8.99. The molecule has 3 N–H and O–H groups in total. The number of hydrogen-bond donors (Lipinski definition) is 2. The zero-order chi connectivity index (χ0) is 30.1. The highest BCUT2D eigenvalue weighted by Gasteiger charge is 2.16. The Hall–Kier alpha value is -6.07. The van der Waals surface area contributed by atoms with Crippen LogP contribution in [0, 0.1) is 0 Å². The van der Waals surface area contributed by atoms with Crippen molar-refractivity contribution in [2.45, 2.75) is 6.92 Å². The normalized spacial score (nSPS) is 12.9. The highest BCUT2D eigenvalue weighted by molar-refractivity contribution is 6.12. The van der Waals surface area contributed by atoms with Crippen LogP contribution in [0.1, 0.15) is 12.5 Å². The molecule has 4 heterocycles. The molecule has 9 aromatic rings. The molecule has 5 aromatic carbocycles. The molecule has 0 atom stereocenters. The molecular formula is C40H28N4O. The zero-order valence-electron chi connectivity index (χ0n) is 24.6. The first-order chi connectivity index (χ1) is 22.2. The topological polar surface area (TPSA) is 72.8 Å². The smallest absolute Gasteiger partial charge is 0.153 e. The Labute approximate surface area is 258 Å². The quantitative estimate of drug-likeness (QED) is 0.203. The highest BCUT2D eigenvalue weighted by atomic mass is 16.3. The van der Waals surface area contributed by atoms with Gasteiger partial charge in [0, 0.05) is 50.4 Å². The lowest BCUT2D eigenvalue weighted by atomic mass is 10.0. The summed E-state index contributed by atoms with van der Waals surface area (Å²) in [4.78, 5) is 8.11. The van der Waals surface area contributed by atoms with E-state index in [0.717, 1.165) is 66.5 Å². The van der Waals surface area contributed by atoms with Crippen LogP contribution in [-0.4, -0.2) is 14.5 Å². The SMILES string of the molecule is C/C(=C\C(=C/N)n1c2ccccc2c2ccc(-c3ccc4[nH]c5ccccc5c4c3)cc21)c1ccc2oc3cccnc3c2c1. The van der Waals surface area contributed by atoms with Crippen molar-refractivity contribution in [2.75, 3.05) is 0 Å². The maximum atomic E-state index is 6.42. The number of para-hydroxylation sites is 2. The van der Waals surface area contributed by atoms with Gasteiger partial charge in [-0.3, -0.25) is 4.98 Å². The number of H-pyrrole nitrogens is 1. The van der Waals surface area contributed by atoms with Gasteiger partial charge in [0.15, 0.2) is 5.58 Å². The predicted octanol–water partition coefficient (Wildman–Crippen LogP) is 10.3. The molecule has 45 heavy (non-hydrogen) atoms. The van der Waals surface area contributed by atoms with Crippen molar-refractivity contribution < 1.29 is 4.42 Å². The number of pyridine rings is 1. The monoisotopic (exact) mass is 580 g/mol. The third kappa shape index (κ3) is 3.91. The number of hydrogen-bond acceptors (Lipinski definition) is 3. The fourth-order valence-corrected chi connectivity index (χ4v) is 6.79. The maximum absolute atomic E-state index is 6.42. The number of rotatable bonds is 4. The summed E-state index contributed by atoms with van der Waals surface area (Å²) in [5.74, 6) is 0. The van der Waals surface area contributed by atoms with E-state index in [2.05, 4.69) is 125 Å². The molecule has 0 amide bonds. The summed E-state index contributed by atoms with van der Waals surface area (Å²) >= 11 is 0. The average molecular weight is 581 g/mol. The fourth-order valence-electron chi connectivity index (χ4n) is 6.79. The maximum Gasteiger partial charge on any atom is 0.153 e. The second-order valence-corrected chi connectivity index (χ2v) is 11.6. The van der Waals surface area contributed by atoms with Crippen LogP contribution in [0.25, 0.3) is 88.1 Å². The van der Waals surface area contributed by atoms with Gasteiger partial charge in [-0.25, -0.2) is 0 Å². The van der Waals surface area contributed by atoms with E-state index in [1.807, 2.05) is 18.2 Å². The van der Waals surface area contributed by atoms with E-state index in [9.17, 15) is 0 Å². The van der Waals surface area contributed by atoms with Gasteiger partial charge < -0.3 is 19.7 Å². The van der Waals surface area contributed by atoms with E-state index >= 15 is 0 Å². The standard InChI is InChI=1S/C40H28N4O/c1-24(25-14-17-38-33(20-25)40-39(45-38)11-6-18-42-40)19-28(23-41)44-36-10-5-3-8-30(36)31-15-12-27(22-37(31)44)26-13-16-35-32(21-26)29-7-2-4-9-34(29)43-35/h2-23,43H,41H2,1H3/b24-19+,28-23+. The minimum Gasteiger partial charge on any atom is -0.454 e. The number of aromatic amines is 1. The van der Waals surface area contributed by atoms with Crippen molar-refractivity contribution >= 4 is 77.0 Å². The van der Waals surface area contributed by atoms with Crippen molar-refractivity contribution in [3.8, 4) is 11.1 Å². The van der Waals surface area contributed by atoms with Crippen LogP contribution in [0.15, 0.2) is 138 Å². The summed E-state index contributed by atoms with van der Waals surface area (Å²) in [7, 11) is 0. The number of aromatic nitrogens is 3. The highest BCUT2D eigenvalue weighted by Crippen LogP contribution is 2.37. The first kappa shape index (κ1) is 25.4. The first-order valence-electron chi connectivity index (χ1n) is 15.1. The Morgan fingerprint density at radius 3 is 2.38 bits per heavy atom. The summed E-state index contributed by atoms with van der Waals surface area (Å²) in [6.45, 7) is 2.12. The molecule has 0 saturated heterocycles. The van der Waals surface area contributed by atoms with Gasteiger partial charge in [0.25, 0.3) is 0 Å². The largest absolute Gasteiger partial charge is 0.454 e. The van der Waals surface area contributed by atoms with Gasteiger partial charge in [0.05, 0.1) is 16.7 Å². The van der Waals surface area contributed by atoms with Gasteiger partial charge in [-0.2, -0.15) is 0 Å². The molecule has 0 aliphatic rings. The number of nitrogens with two attached hydrogens (primary N) is 1. The van der Waals surface area contributed by atoms with Gasteiger partial charge in [-0.15, -0.1) is 0 Å².